The number of nitrogens with zero attached hydrogens (tertiary/aromatic N) is 2. The highest BCUT2D eigenvalue weighted by Gasteiger charge is 2.26. The predicted molar refractivity (Wildman–Crippen MR) is 68.8 cm³/mol. The van der Waals surface area contributed by atoms with Crippen LogP contribution >= 0.6 is 11.3 Å². The Kier molecular flexibility index (Phi) is 3.66. The largest absolute Gasteiger partial charge is 0.481 e. The van der Waals surface area contributed by atoms with Crippen LogP contribution in [-0.2, 0) is 4.79 Å². The fourth-order valence-electron chi connectivity index (χ4n) is 2.24. The lowest BCUT2D eigenvalue weighted by atomic mass is 10.0. The van der Waals surface area contributed by atoms with Crippen molar-refractivity contribution in [2.45, 2.75) is 45.6 Å². The van der Waals surface area contributed by atoms with Crippen LogP contribution in [0.4, 0.5) is 5.13 Å². The summed E-state index contributed by atoms with van der Waals surface area (Å²) in [5, 5.41) is 9.94. The van der Waals surface area contributed by atoms with Gasteiger partial charge in [0.1, 0.15) is 0 Å². The van der Waals surface area contributed by atoms with Gasteiger partial charge < -0.3 is 10.0 Å². The molecule has 17 heavy (non-hydrogen) atoms. The number of rotatable bonds is 3. The molecule has 4 nitrogen and oxygen atoms in total. The number of carboxylic acids is 1. The van der Waals surface area contributed by atoms with Crippen LogP contribution in [0.1, 0.15) is 36.3 Å². The van der Waals surface area contributed by atoms with Crippen LogP contribution in [0.2, 0.25) is 0 Å². The van der Waals surface area contributed by atoms with Crippen molar-refractivity contribution in [1.29, 1.82) is 0 Å². The first kappa shape index (κ1) is 12.4. The lowest BCUT2D eigenvalue weighted by molar-refractivity contribution is -0.137. The van der Waals surface area contributed by atoms with Crippen LogP contribution in [-0.4, -0.2) is 28.6 Å². The van der Waals surface area contributed by atoms with E-state index in [1.807, 2.05) is 6.92 Å². The van der Waals surface area contributed by atoms with E-state index in [0.717, 1.165) is 36.6 Å². The van der Waals surface area contributed by atoms with Gasteiger partial charge in [0.25, 0.3) is 0 Å². The summed E-state index contributed by atoms with van der Waals surface area (Å²) in [5.41, 5.74) is 1.06. The number of aliphatic carboxylic acids is 1. The molecule has 0 radical (unpaired) electrons. The van der Waals surface area contributed by atoms with E-state index in [4.69, 9.17) is 5.11 Å². The number of carbonyl (C=O) groups is 1. The van der Waals surface area contributed by atoms with Gasteiger partial charge in [-0.1, -0.05) is 0 Å². The van der Waals surface area contributed by atoms with Crippen LogP contribution in [0, 0.1) is 13.8 Å². The Morgan fingerprint density at radius 3 is 2.88 bits per heavy atom. The summed E-state index contributed by atoms with van der Waals surface area (Å²) in [6.07, 6.45) is 3.44. The number of hydrogen-bond donors (Lipinski definition) is 1. The average Bonchev–Trinajstić information content (AvgIpc) is 2.59. The van der Waals surface area contributed by atoms with Gasteiger partial charge in [-0.3, -0.25) is 4.79 Å². The van der Waals surface area contributed by atoms with Crippen molar-refractivity contribution in [1.82, 2.24) is 4.98 Å². The molecule has 0 saturated carbocycles. The van der Waals surface area contributed by atoms with Gasteiger partial charge >= 0.3 is 5.97 Å². The predicted octanol–water partition coefficient (Wildman–Crippen LogP) is 2.59. The highest BCUT2D eigenvalue weighted by molar-refractivity contribution is 7.15. The van der Waals surface area contributed by atoms with Gasteiger partial charge in [0, 0.05) is 17.5 Å². The zero-order valence-electron chi connectivity index (χ0n) is 10.3. The molecule has 1 aliphatic heterocycles. The fraction of sp³-hybridized carbons (Fsp3) is 0.667. The lowest BCUT2D eigenvalue weighted by Crippen LogP contribution is -2.40. The number of aromatic nitrogens is 1. The van der Waals surface area contributed by atoms with E-state index in [9.17, 15) is 4.79 Å². The standard InChI is InChI=1S/C12H18N2O2S/c1-8-9(2)17-12(13-8)14-6-4-3-5-10(14)7-11(15)16/h10H,3-7H2,1-2H3,(H,15,16). The van der Waals surface area contributed by atoms with E-state index < -0.39 is 5.97 Å². The van der Waals surface area contributed by atoms with Crippen LogP contribution in [0.15, 0.2) is 0 Å². The second-order valence-electron chi connectivity index (χ2n) is 4.58. The molecule has 1 unspecified atom stereocenters. The van der Waals surface area contributed by atoms with Gasteiger partial charge in [-0.2, -0.15) is 0 Å². The molecule has 0 spiro atoms. The summed E-state index contributed by atoms with van der Waals surface area (Å²) < 4.78 is 0. The van der Waals surface area contributed by atoms with Crippen molar-refractivity contribution >= 4 is 22.4 Å². The minimum Gasteiger partial charge on any atom is -0.481 e. The Hall–Kier alpha value is -1.10. The maximum Gasteiger partial charge on any atom is 0.305 e. The highest BCUT2D eigenvalue weighted by atomic mass is 32.1. The molecule has 0 bridgehead atoms. The van der Waals surface area contributed by atoms with Crippen molar-refractivity contribution < 1.29 is 9.90 Å². The quantitative estimate of drug-likeness (QED) is 0.900. The summed E-state index contributed by atoms with van der Waals surface area (Å²) in [6, 6.07) is 0.117. The second-order valence-corrected chi connectivity index (χ2v) is 5.76. The van der Waals surface area contributed by atoms with Gasteiger partial charge in [0.05, 0.1) is 12.1 Å². The number of piperidine rings is 1. The third-order valence-corrected chi connectivity index (χ3v) is 4.41. The SMILES string of the molecule is Cc1nc(N2CCCCC2CC(=O)O)sc1C. The molecular weight excluding hydrogens is 236 g/mol. The lowest BCUT2D eigenvalue weighted by Gasteiger charge is -2.34. The number of aryl methyl sites for hydroxylation is 2. The van der Waals surface area contributed by atoms with Crippen molar-refractivity contribution in [3.63, 3.8) is 0 Å². The Morgan fingerprint density at radius 2 is 2.29 bits per heavy atom. The van der Waals surface area contributed by atoms with Crippen LogP contribution in [0.5, 0.6) is 0 Å². The summed E-state index contributed by atoms with van der Waals surface area (Å²) in [5.74, 6) is -0.716. The van der Waals surface area contributed by atoms with Gasteiger partial charge in [-0.05, 0) is 33.1 Å². The summed E-state index contributed by atoms with van der Waals surface area (Å²) in [7, 11) is 0. The molecule has 1 saturated heterocycles. The van der Waals surface area contributed by atoms with E-state index in [-0.39, 0.29) is 12.5 Å². The topological polar surface area (TPSA) is 53.4 Å². The molecule has 94 valence electrons. The van der Waals surface area contributed by atoms with Gasteiger partial charge in [-0.25, -0.2) is 4.98 Å². The Balaban J connectivity index is 2.18. The minimum absolute atomic E-state index is 0.117. The summed E-state index contributed by atoms with van der Waals surface area (Å²) in [6.45, 7) is 5.00. The molecule has 0 aliphatic carbocycles. The van der Waals surface area contributed by atoms with Gasteiger partial charge in [0.15, 0.2) is 5.13 Å². The molecule has 1 aromatic rings. The van der Waals surface area contributed by atoms with E-state index in [2.05, 4.69) is 16.8 Å². The smallest absolute Gasteiger partial charge is 0.305 e. The van der Waals surface area contributed by atoms with Crippen molar-refractivity contribution in [2.75, 3.05) is 11.4 Å². The zero-order valence-corrected chi connectivity index (χ0v) is 11.1. The first-order chi connectivity index (χ1) is 8.08. The number of thiazole rings is 1. The number of hydrogen-bond acceptors (Lipinski definition) is 4. The van der Waals surface area contributed by atoms with Gasteiger partial charge in [-0.15, -0.1) is 11.3 Å². The molecule has 2 rings (SSSR count). The number of anilines is 1. The molecule has 1 N–H and O–H groups in total. The monoisotopic (exact) mass is 254 g/mol. The third-order valence-electron chi connectivity index (χ3n) is 3.30. The molecule has 1 fully saturated rings. The molecule has 2 heterocycles. The maximum absolute atomic E-state index is 10.9. The summed E-state index contributed by atoms with van der Waals surface area (Å²) >= 11 is 1.67. The van der Waals surface area contributed by atoms with Crippen LogP contribution < -0.4 is 4.90 Å². The minimum atomic E-state index is -0.716. The second kappa shape index (κ2) is 5.04. The maximum atomic E-state index is 10.9. The molecule has 1 aliphatic rings. The first-order valence-electron chi connectivity index (χ1n) is 6.00. The zero-order chi connectivity index (χ0) is 12.4. The molecule has 1 atom stereocenters. The molecule has 0 amide bonds. The average molecular weight is 254 g/mol. The normalized spacial score (nSPS) is 20.6. The van der Waals surface area contributed by atoms with Crippen molar-refractivity contribution in [3.05, 3.63) is 10.6 Å². The Labute approximate surface area is 105 Å². The third kappa shape index (κ3) is 2.77. The molecule has 5 heteroatoms. The molecule has 1 aromatic heterocycles. The molecule has 0 aromatic carbocycles. The van der Waals surface area contributed by atoms with E-state index in [1.165, 1.54) is 4.88 Å². The van der Waals surface area contributed by atoms with E-state index in [0.29, 0.717) is 0 Å². The summed E-state index contributed by atoms with van der Waals surface area (Å²) in [4.78, 5) is 18.8. The van der Waals surface area contributed by atoms with Gasteiger partial charge in [0.2, 0.25) is 0 Å². The van der Waals surface area contributed by atoms with Crippen LogP contribution in [0.3, 0.4) is 0 Å². The Bertz CT molecular complexity index is 397. The Morgan fingerprint density at radius 1 is 1.53 bits per heavy atom. The number of carboxylic acid groups (broad SMARTS) is 1. The van der Waals surface area contributed by atoms with Crippen molar-refractivity contribution in [3.8, 4) is 0 Å². The molecular formula is C12H18N2O2S. The van der Waals surface area contributed by atoms with E-state index >= 15 is 0 Å². The van der Waals surface area contributed by atoms with E-state index in [1.54, 1.807) is 11.3 Å². The van der Waals surface area contributed by atoms with Crippen molar-refractivity contribution in [2.24, 2.45) is 0 Å². The first-order valence-corrected chi connectivity index (χ1v) is 6.82. The fourth-order valence-corrected chi connectivity index (χ4v) is 3.25. The highest BCUT2D eigenvalue weighted by Crippen LogP contribution is 2.31. The van der Waals surface area contributed by atoms with Crippen LogP contribution in [0.25, 0.3) is 0 Å².